The SMILES string of the molecule is O=C(CC1CCCC1)N1CCC(c2nnc(-c3ccco3)s2)CC1. The van der Waals surface area contributed by atoms with Crippen molar-refractivity contribution in [3.05, 3.63) is 23.4 Å². The van der Waals surface area contributed by atoms with Gasteiger partial charge < -0.3 is 9.32 Å². The second kappa shape index (κ2) is 7.05. The lowest BCUT2D eigenvalue weighted by atomic mass is 9.96. The first-order chi connectivity index (χ1) is 11.8. The Kier molecular flexibility index (Phi) is 4.65. The number of nitrogens with zero attached hydrogens (tertiary/aromatic N) is 3. The van der Waals surface area contributed by atoms with E-state index in [1.807, 2.05) is 12.1 Å². The van der Waals surface area contributed by atoms with Crippen LogP contribution in [0.1, 0.15) is 55.9 Å². The average Bonchev–Trinajstić information content (AvgIpc) is 3.36. The summed E-state index contributed by atoms with van der Waals surface area (Å²) in [6.07, 6.45) is 9.47. The van der Waals surface area contributed by atoms with Crippen LogP contribution in [0, 0.1) is 5.92 Å². The lowest BCUT2D eigenvalue weighted by Gasteiger charge is -2.31. The van der Waals surface area contributed by atoms with Crippen LogP contribution in [0.4, 0.5) is 0 Å². The molecule has 0 aromatic carbocycles. The fourth-order valence-electron chi connectivity index (χ4n) is 3.87. The van der Waals surface area contributed by atoms with E-state index in [-0.39, 0.29) is 0 Å². The highest BCUT2D eigenvalue weighted by Gasteiger charge is 2.28. The van der Waals surface area contributed by atoms with Crippen molar-refractivity contribution < 1.29 is 9.21 Å². The fraction of sp³-hybridized carbons (Fsp3) is 0.611. The molecule has 0 N–H and O–H groups in total. The van der Waals surface area contributed by atoms with Crippen LogP contribution < -0.4 is 0 Å². The van der Waals surface area contributed by atoms with Crippen molar-refractivity contribution in [2.75, 3.05) is 13.1 Å². The molecule has 128 valence electrons. The molecule has 1 saturated heterocycles. The van der Waals surface area contributed by atoms with Gasteiger partial charge in [-0.15, -0.1) is 10.2 Å². The molecule has 2 aromatic heterocycles. The number of aromatic nitrogens is 2. The number of likely N-dealkylation sites (tertiary alicyclic amines) is 1. The summed E-state index contributed by atoms with van der Waals surface area (Å²) >= 11 is 1.61. The molecule has 2 aliphatic rings. The molecule has 1 amide bonds. The molecule has 0 bridgehead atoms. The van der Waals surface area contributed by atoms with Crippen molar-refractivity contribution >= 4 is 17.2 Å². The topological polar surface area (TPSA) is 59.2 Å². The molecule has 5 nitrogen and oxygen atoms in total. The van der Waals surface area contributed by atoms with Crippen molar-refractivity contribution in [2.24, 2.45) is 5.92 Å². The van der Waals surface area contributed by atoms with Crippen LogP contribution in [0.2, 0.25) is 0 Å². The number of furan rings is 1. The molecule has 6 heteroatoms. The lowest BCUT2D eigenvalue weighted by molar-refractivity contribution is -0.133. The smallest absolute Gasteiger partial charge is 0.222 e. The summed E-state index contributed by atoms with van der Waals surface area (Å²) in [7, 11) is 0. The summed E-state index contributed by atoms with van der Waals surface area (Å²) in [6.45, 7) is 1.71. The molecule has 0 atom stereocenters. The quantitative estimate of drug-likeness (QED) is 0.837. The summed E-state index contributed by atoms with van der Waals surface area (Å²) in [6, 6.07) is 3.78. The Balaban J connectivity index is 1.32. The van der Waals surface area contributed by atoms with E-state index in [2.05, 4.69) is 15.1 Å². The first-order valence-corrected chi connectivity index (χ1v) is 9.76. The van der Waals surface area contributed by atoms with Gasteiger partial charge in [0.2, 0.25) is 5.91 Å². The molecule has 1 aliphatic heterocycles. The summed E-state index contributed by atoms with van der Waals surface area (Å²) in [5.74, 6) is 2.19. The standard InChI is InChI=1S/C18H23N3O2S/c22-16(12-13-4-1-2-5-13)21-9-7-14(8-10-21)17-19-20-18(24-17)15-6-3-11-23-15/h3,6,11,13-14H,1-2,4-5,7-10,12H2. The van der Waals surface area contributed by atoms with Crippen molar-refractivity contribution in [3.63, 3.8) is 0 Å². The van der Waals surface area contributed by atoms with Gasteiger partial charge in [0.15, 0.2) is 10.8 Å². The Labute approximate surface area is 146 Å². The van der Waals surface area contributed by atoms with Crippen LogP contribution in [0.5, 0.6) is 0 Å². The van der Waals surface area contributed by atoms with E-state index in [1.165, 1.54) is 25.7 Å². The molecule has 3 heterocycles. The molecular weight excluding hydrogens is 322 g/mol. The zero-order valence-electron chi connectivity index (χ0n) is 13.8. The van der Waals surface area contributed by atoms with Gasteiger partial charge in [-0.05, 0) is 43.7 Å². The first-order valence-electron chi connectivity index (χ1n) is 8.94. The van der Waals surface area contributed by atoms with Crippen molar-refractivity contribution in [2.45, 2.75) is 50.9 Å². The highest BCUT2D eigenvalue weighted by molar-refractivity contribution is 7.14. The van der Waals surface area contributed by atoms with Gasteiger partial charge in [-0.2, -0.15) is 0 Å². The maximum absolute atomic E-state index is 12.4. The lowest BCUT2D eigenvalue weighted by Crippen LogP contribution is -2.38. The van der Waals surface area contributed by atoms with Gasteiger partial charge in [-0.3, -0.25) is 4.79 Å². The molecular formula is C18H23N3O2S. The first kappa shape index (κ1) is 15.8. The van der Waals surface area contributed by atoms with Crippen LogP contribution in [0.3, 0.4) is 0 Å². The van der Waals surface area contributed by atoms with E-state index in [9.17, 15) is 4.79 Å². The van der Waals surface area contributed by atoms with Gasteiger partial charge in [0.1, 0.15) is 5.01 Å². The maximum Gasteiger partial charge on any atom is 0.222 e. The number of rotatable bonds is 4. The molecule has 2 aromatic rings. The Morgan fingerprint density at radius 1 is 1.21 bits per heavy atom. The predicted molar refractivity (Wildman–Crippen MR) is 92.7 cm³/mol. The normalized spacial score (nSPS) is 19.9. The molecule has 0 unspecified atom stereocenters. The number of hydrogen-bond donors (Lipinski definition) is 0. The van der Waals surface area contributed by atoms with Gasteiger partial charge in [0.05, 0.1) is 6.26 Å². The average molecular weight is 345 g/mol. The van der Waals surface area contributed by atoms with Crippen LogP contribution in [-0.2, 0) is 4.79 Å². The second-order valence-corrected chi connectivity index (χ2v) is 7.94. The molecule has 1 saturated carbocycles. The minimum absolute atomic E-state index is 0.355. The van der Waals surface area contributed by atoms with E-state index in [0.717, 1.165) is 48.1 Å². The van der Waals surface area contributed by atoms with E-state index in [1.54, 1.807) is 17.6 Å². The van der Waals surface area contributed by atoms with Gasteiger partial charge in [0, 0.05) is 25.4 Å². The molecule has 2 fully saturated rings. The van der Waals surface area contributed by atoms with E-state index in [0.29, 0.717) is 17.7 Å². The molecule has 0 spiro atoms. The number of carbonyl (C=O) groups excluding carboxylic acids is 1. The van der Waals surface area contributed by atoms with Gasteiger partial charge in [0.25, 0.3) is 0 Å². The van der Waals surface area contributed by atoms with E-state index >= 15 is 0 Å². The van der Waals surface area contributed by atoms with Crippen molar-refractivity contribution in [3.8, 4) is 10.8 Å². The number of piperidine rings is 1. The highest BCUT2D eigenvalue weighted by atomic mass is 32.1. The van der Waals surface area contributed by atoms with Gasteiger partial charge in [-0.25, -0.2) is 0 Å². The molecule has 24 heavy (non-hydrogen) atoms. The number of amides is 1. The van der Waals surface area contributed by atoms with Crippen LogP contribution in [0.15, 0.2) is 22.8 Å². The summed E-state index contributed by atoms with van der Waals surface area (Å²) in [4.78, 5) is 14.5. The summed E-state index contributed by atoms with van der Waals surface area (Å²) in [5, 5.41) is 10.5. The van der Waals surface area contributed by atoms with E-state index < -0.39 is 0 Å². The molecule has 1 aliphatic carbocycles. The largest absolute Gasteiger partial charge is 0.462 e. The highest BCUT2D eigenvalue weighted by Crippen LogP contribution is 2.34. The Hall–Kier alpha value is -1.69. The predicted octanol–water partition coefficient (Wildman–Crippen LogP) is 4.08. The fourth-order valence-corrected chi connectivity index (χ4v) is 4.85. The van der Waals surface area contributed by atoms with E-state index in [4.69, 9.17) is 4.42 Å². The third kappa shape index (κ3) is 3.38. The summed E-state index contributed by atoms with van der Waals surface area (Å²) in [5.41, 5.74) is 0. The van der Waals surface area contributed by atoms with Crippen molar-refractivity contribution in [1.82, 2.24) is 15.1 Å². The monoisotopic (exact) mass is 345 g/mol. The second-order valence-electron chi connectivity index (χ2n) is 6.93. The third-order valence-corrected chi connectivity index (χ3v) is 6.41. The Morgan fingerprint density at radius 3 is 2.71 bits per heavy atom. The van der Waals surface area contributed by atoms with Crippen molar-refractivity contribution in [1.29, 1.82) is 0 Å². The number of hydrogen-bond acceptors (Lipinski definition) is 5. The molecule has 0 radical (unpaired) electrons. The Morgan fingerprint density at radius 2 is 2.00 bits per heavy atom. The molecule has 4 rings (SSSR count). The van der Waals surface area contributed by atoms with Gasteiger partial charge >= 0.3 is 0 Å². The Bertz CT molecular complexity index is 668. The minimum atomic E-state index is 0.355. The van der Waals surface area contributed by atoms with Crippen LogP contribution in [0.25, 0.3) is 10.8 Å². The van der Waals surface area contributed by atoms with Crippen LogP contribution >= 0.6 is 11.3 Å². The van der Waals surface area contributed by atoms with Crippen LogP contribution in [-0.4, -0.2) is 34.1 Å². The zero-order valence-corrected chi connectivity index (χ0v) is 14.6. The maximum atomic E-state index is 12.4. The third-order valence-electron chi connectivity index (χ3n) is 5.31. The van der Waals surface area contributed by atoms with Gasteiger partial charge in [-0.1, -0.05) is 24.2 Å². The zero-order chi connectivity index (χ0) is 16.4. The summed E-state index contributed by atoms with van der Waals surface area (Å²) < 4.78 is 5.39. The minimum Gasteiger partial charge on any atom is -0.462 e. The number of carbonyl (C=O) groups is 1.